The molecule has 2 N–H and O–H groups in total. The van der Waals surface area contributed by atoms with E-state index in [4.69, 9.17) is 0 Å². The van der Waals surface area contributed by atoms with Gasteiger partial charge in [0.05, 0.1) is 11.0 Å². The molecule has 3 heteroatoms. The first-order valence-corrected chi connectivity index (χ1v) is 5.31. The summed E-state index contributed by atoms with van der Waals surface area (Å²) in [5.41, 5.74) is 4.78. The summed E-state index contributed by atoms with van der Waals surface area (Å²) in [6, 6.07) is 4.32. The van der Waals surface area contributed by atoms with Crippen molar-refractivity contribution in [2.24, 2.45) is 0 Å². The number of hydrogen-bond donors (Lipinski definition) is 2. The highest BCUT2D eigenvalue weighted by Crippen LogP contribution is 2.18. The van der Waals surface area contributed by atoms with Crippen LogP contribution in [-0.2, 0) is 6.42 Å². The van der Waals surface area contributed by atoms with Gasteiger partial charge in [0.1, 0.15) is 5.82 Å². The lowest BCUT2D eigenvalue weighted by Crippen LogP contribution is -2.10. The van der Waals surface area contributed by atoms with E-state index in [1.807, 2.05) is 7.05 Å². The predicted octanol–water partition coefficient (Wildman–Crippen LogP) is 1.94. The van der Waals surface area contributed by atoms with Gasteiger partial charge in [-0.15, -0.1) is 0 Å². The van der Waals surface area contributed by atoms with Gasteiger partial charge in [-0.1, -0.05) is 6.07 Å². The van der Waals surface area contributed by atoms with Crippen molar-refractivity contribution in [3.8, 4) is 0 Å². The number of nitrogens with zero attached hydrogens (tertiary/aromatic N) is 1. The van der Waals surface area contributed by atoms with Crippen LogP contribution in [0.25, 0.3) is 11.0 Å². The third-order valence-electron chi connectivity index (χ3n) is 2.58. The molecule has 0 fully saturated rings. The molecule has 0 saturated heterocycles. The Morgan fingerprint density at radius 3 is 2.87 bits per heavy atom. The van der Waals surface area contributed by atoms with Crippen LogP contribution in [0.5, 0.6) is 0 Å². The van der Waals surface area contributed by atoms with Crippen LogP contribution < -0.4 is 5.32 Å². The molecule has 2 aromatic rings. The minimum absolute atomic E-state index is 0.948. The van der Waals surface area contributed by atoms with E-state index in [0.717, 1.165) is 29.8 Å². The molecule has 0 aliphatic heterocycles. The van der Waals surface area contributed by atoms with Crippen molar-refractivity contribution in [3.05, 3.63) is 29.1 Å². The molecule has 15 heavy (non-hydrogen) atoms. The number of fused-ring (bicyclic) bond motifs is 1. The maximum atomic E-state index is 4.60. The minimum atomic E-state index is 0.948. The Morgan fingerprint density at radius 2 is 2.13 bits per heavy atom. The van der Waals surface area contributed by atoms with Crippen molar-refractivity contribution >= 4 is 11.0 Å². The number of nitrogens with one attached hydrogen (secondary N) is 2. The topological polar surface area (TPSA) is 40.7 Å². The van der Waals surface area contributed by atoms with E-state index in [2.05, 4.69) is 41.3 Å². The van der Waals surface area contributed by atoms with Gasteiger partial charge in [0, 0.05) is 13.0 Å². The van der Waals surface area contributed by atoms with Crippen LogP contribution in [0.4, 0.5) is 0 Å². The van der Waals surface area contributed by atoms with Crippen LogP contribution in [-0.4, -0.2) is 23.6 Å². The molecule has 0 unspecified atom stereocenters. The normalized spacial score (nSPS) is 11.1. The van der Waals surface area contributed by atoms with Crippen molar-refractivity contribution in [1.82, 2.24) is 15.3 Å². The average molecular weight is 203 g/mol. The fraction of sp³-hybridized carbons (Fsp3) is 0.417. The highest BCUT2D eigenvalue weighted by atomic mass is 14.9. The molecule has 1 heterocycles. The first-order chi connectivity index (χ1) is 7.20. The Balaban J connectivity index is 2.41. The Bertz CT molecular complexity index is 471. The molecule has 0 aliphatic carbocycles. The van der Waals surface area contributed by atoms with Gasteiger partial charge < -0.3 is 10.3 Å². The van der Waals surface area contributed by atoms with Crippen LogP contribution in [0.15, 0.2) is 12.1 Å². The van der Waals surface area contributed by atoms with Crippen molar-refractivity contribution in [3.63, 3.8) is 0 Å². The van der Waals surface area contributed by atoms with E-state index in [1.165, 1.54) is 11.1 Å². The second-order valence-corrected chi connectivity index (χ2v) is 4.02. The van der Waals surface area contributed by atoms with Gasteiger partial charge >= 0.3 is 0 Å². The molecule has 3 nitrogen and oxygen atoms in total. The molecular formula is C12H17N3. The number of benzene rings is 1. The number of aromatic nitrogens is 2. The van der Waals surface area contributed by atoms with E-state index in [1.54, 1.807) is 0 Å². The molecule has 0 bridgehead atoms. The van der Waals surface area contributed by atoms with Gasteiger partial charge in [0.2, 0.25) is 0 Å². The van der Waals surface area contributed by atoms with Crippen molar-refractivity contribution in [1.29, 1.82) is 0 Å². The summed E-state index contributed by atoms with van der Waals surface area (Å²) in [4.78, 5) is 7.96. The number of aromatic amines is 1. The molecule has 2 rings (SSSR count). The van der Waals surface area contributed by atoms with Crippen LogP contribution in [0.3, 0.4) is 0 Å². The van der Waals surface area contributed by atoms with Crippen molar-refractivity contribution in [2.75, 3.05) is 13.6 Å². The standard InChI is InChI=1S/C12H17N3/c1-8-6-9(2)12-10(7-8)14-11(15-12)4-5-13-3/h6-7,13H,4-5H2,1-3H3,(H,14,15). The molecule has 0 aliphatic rings. The molecule has 0 spiro atoms. The number of hydrogen-bond acceptors (Lipinski definition) is 2. The Labute approximate surface area is 89.9 Å². The molecular weight excluding hydrogens is 186 g/mol. The zero-order valence-corrected chi connectivity index (χ0v) is 9.52. The Hall–Kier alpha value is -1.35. The van der Waals surface area contributed by atoms with Crippen LogP contribution in [0.1, 0.15) is 17.0 Å². The highest BCUT2D eigenvalue weighted by Gasteiger charge is 2.05. The van der Waals surface area contributed by atoms with Gasteiger partial charge in [-0.05, 0) is 38.1 Å². The lowest BCUT2D eigenvalue weighted by molar-refractivity contribution is 0.766. The van der Waals surface area contributed by atoms with Crippen molar-refractivity contribution in [2.45, 2.75) is 20.3 Å². The van der Waals surface area contributed by atoms with Crippen molar-refractivity contribution < 1.29 is 0 Å². The smallest absolute Gasteiger partial charge is 0.108 e. The van der Waals surface area contributed by atoms with Crippen LogP contribution in [0.2, 0.25) is 0 Å². The van der Waals surface area contributed by atoms with E-state index in [9.17, 15) is 0 Å². The first-order valence-electron chi connectivity index (χ1n) is 5.31. The highest BCUT2D eigenvalue weighted by molar-refractivity contribution is 5.79. The summed E-state index contributed by atoms with van der Waals surface area (Å²) < 4.78 is 0. The number of imidazole rings is 1. The van der Waals surface area contributed by atoms with Gasteiger partial charge in [-0.2, -0.15) is 0 Å². The number of H-pyrrole nitrogens is 1. The molecule has 1 aromatic carbocycles. The van der Waals surface area contributed by atoms with E-state index in [0.29, 0.717) is 0 Å². The summed E-state index contributed by atoms with van der Waals surface area (Å²) in [6.07, 6.45) is 0.948. The van der Waals surface area contributed by atoms with Crippen LogP contribution >= 0.6 is 0 Å². The number of likely N-dealkylation sites (N-methyl/N-ethyl adjacent to an activating group) is 1. The Kier molecular flexibility index (Phi) is 2.73. The summed E-state index contributed by atoms with van der Waals surface area (Å²) in [5.74, 6) is 1.06. The third kappa shape index (κ3) is 2.02. The lowest BCUT2D eigenvalue weighted by Gasteiger charge is -1.96. The summed E-state index contributed by atoms with van der Waals surface area (Å²) >= 11 is 0. The second kappa shape index (κ2) is 4.03. The number of rotatable bonds is 3. The van der Waals surface area contributed by atoms with E-state index in [-0.39, 0.29) is 0 Å². The SMILES string of the molecule is CNCCc1nc2c(C)cc(C)cc2[nH]1. The van der Waals surface area contributed by atoms with Gasteiger partial charge in [-0.25, -0.2) is 4.98 Å². The first kappa shape index (κ1) is 10.2. The van der Waals surface area contributed by atoms with E-state index >= 15 is 0 Å². The molecule has 0 amide bonds. The molecule has 0 radical (unpaired) electrons. The van der Waals surface area contributed by atoms with Gasteiger partial charge in [0.25, 0.3) is 0 Å². The average Bonchev–Trinajstić information content (AvgIpc) is 2.57. The summed E-state index contributed by atoms with van der Waals surface area (Å²) in [6.45, 7) is 5.18. The third-order valence-corrected chi connectivity index (χ3v) is 2.58. The summed E-state index contributed by atoms with van der Waals surface area (Å²) in [5, 5.41) is 3.13. The van der Waals surface area contributed by atoms with Gasteiger partial charge in [-0.3, -0.25) is 0 Å². The largest absolute Gasteiger partial charge is 0.342 e. The molecule has 1 aromatic heterocycles. The lowest BCUT2D eigenvalue weighted by atomic mass is 10.1. The Morgan fingerprint density at radius 1 is 1.33 bits per heavy atom. The van der Waals surface area contributed by atoms with E-state index < -0.39 is 0 Å². The fourth-order valence-corrected chi connectivity index (χ4v) is 1.88. The summed E-state index contributed by atoms with van der Waals surface area (Å²) in [7, 11) is 1.96. The second-order valence-electron chi connectivity index (χ2n) is 4.02. The zero-order valence-electron chi connectivity index (χ0n) is 9.52. The quantitative estimate of drug-likeness (QED) is 0.800. The van der Waals surface area contributed by atoms with Gasteiger partial charge in [0.15, 0.2) is 0 Å². The van der Waals surface area contributed by atoms with Crippen LogP contribution in [0, 0.1) is 13.8 Å². The monoisotopic (exact) mass is 203 g/mol. The zero-order chi connectivity index (χ0) is 10.8. The fourth-order valence-electron chi connectivity index (χ4n) is 1.88. The maximum absolute atomic E-state index is 4.60. The predicted molar refractivity (Wildman–Crippen MR) is 63.2 cm³/mol. The molecule has 80 valence electrons. The molecule has 0 saturated carbocycles. The minimum Gasteiger partial charge on any atom is -0.342 e. The maximum Gasteiger partial charge on any atom is 0.108 e. The molecule has 0 atom stereocenters. The number of aryl methyl sites for hydroxylation is 2.